The molecule has 1 atom stereocenters. The van der Waals surface area contributed by atoms with Gasteiger partial charge in [0.05, 0.1) is 18.8 Å². The molecule has 1 aromatic carbocycles. The molecule has 0 saturated carbocycles. The normalized spacial score (nSPS) is 15.0. The molecule has 0 radical (unpaired) electrons. The Labute approximate surface area is 162 Å². The second kappa shape index (κ2) is 7.46. The van der Waals surface area contributed by atoms with Crippen LogP contribution in [0.2, 0.25) is 0 Å². The zero-order valence-corrected chi connectivity index (χ0v) is 15.9. The van der Waals surface area contributed by atoms with E-state index in [2.05, 4.69) is 39.2 Å². The van der Waals surface area contributed by atoms with E-state index in [1.165, 1.54) is 5.56 Å². The predicted octanol–water partition coefficient (Wildman–Crippen LogP) is 3.30. The summed E-state index contributed by atoms with van der Waals surface area (Å²) in [6.07, 6.45) is 3.55. The minimum absolute atomic E-state index is 0.130. The van der Waals surface area contributed by atoms with E-state index in [4.69, 9.17) is 12.2 Å². The number of hydrogen-bond acceptors (Lipinski definition) is 5. The van der Waals surface area contributed by atoms with Crippen molar-refractivity contribution in [1.29, 1.82) is 0 Å². The highest BCUT2D eigenvalue weighted by Gasteiger charge is 2.25. The maximum absolute atomic E-state index is 12.6. The van der Waals surface area contributed by atoms with Crippen molar-refractivity contribution in [2.45, 2.75) is 26.1 Å². The second-order valence-electron chi connectivity index (χ2n) is 6.70. The van der Waals surface area contributed by atoms with Crippen molar-refractivity contribution in [1.82, 2.24) is 19.4 Å². The highest BCUT2D eigenvalue weighted by atomic mass is 32.1. The highest BCUT2D eigenvalue weighted by molar-refractivity contribution is 7.71. The number of aromatic nitrogens is 3. The van der Waals surface area contributed by atoms with Gasteiger partial charge < -0.3 is 9.88 Å². The van der Waals surface area contributed by atoms with Gasteiger partial charge in [0, 0.05) is 25.0 Å². The SMILES string of the molecule is C[C@H](c1ccccc1)N1CNc2c(c(=O)[nH]c(=S)n2Cc2cccnc2)C1. The molecular weight excluding hydrogens is 358 g/mol. The maximum Gasteiger partial charge on any atom is 0.258 e. The van der Waals surface area contributed by atoms with Crippen molar-refractivity contribution < 1.29 is 0 Å². The van der Waals surface area contributed by atoms with E-state index in [1.54, 1.807) is 6.20 Å². The second-order valence-corrected chi connectivity index (χ2v) is 7.09. The first kappa shape index (κ1) is 17.6. The largest absolute Gasteiger partial charge is 0.358 e. The van der Waals surface area contributed by atoms with Crippen molar-refractivity contribution in [3.05, 3.63) is 86.7 Å². The molecule has 0 unspecified atom stereocenters. The van der Waals surface area contributed by atoms with Crippen LogP contribution in [0.4, 0.5) is 5.82 Å². The lowest BCUT2D eigenvalue weighted by atomic mass is 10.1. The zero-order valence-electron chi connectivity index (χ0n) is 15.1. The Hall–Kier alpha value is -2.77. The smallest absolute Gasteiger partial charge is 0.258 e. The van der Waals surface area contributed by atoms with Crippen molar-refractivity contribution in [2.75, 3.05) is 12.0 Å². The van der Waals surface area contributed by atoms with Crippen molar-refractivity contribution >= 4 is 18.0 Å². The lowest BCUT2D eigenvalue weighted by Crippen LogP contribution is -2.40. The summed E-state index contributed by atoms with van der Waals surface area (Å²) in [5.41, 5.74) is 2.84. The molecule has 6 nitrogen and oxygen atoms in total. The molecule has 2 aromatic heterocycles. The molecule has 4 rings (SSSR count). The Balaban J connectivity index is 1.67. The standard InChI is InChI=1S/C20H21N5OS/c1-14(16-7-3-2-4-8-16)24-12-17-18(22-13-24)25(20(27)23-19(17)26)11-15-6-5-9-21-10-15/h2-10,14,22H,11-13H2,1H3,(H,23,26,27)/t14-/m1/s1. The number of aromatic amines is 1. The number of nitrogens with zero attached hydrogens (tertiary/aromatic N) is 3. The van der Waals surface area contributed by atoms with E-state index < -0.39 is 0 Å². The number of benzene rings is 1. The van der Waals surface area contributed by atoms with Crippen LogP contribution in [-0.2, 0) is 13.1 Å². The van der Waals surface area contributed by atoms with E-state index in [9.17, 15) is 4.79 Å². The van der Waals surface area contributed by atoms with E-state index in [1.807, 2.05) is 41.1 Å². The van der Waals surface area contributed by atoms with Crippen molar-refractivity contribution in [2.24, 2.45) is 0 Å². The predicted molar refractivity (Wildman–Crippen MR) is 108 cm³/mol. The molecule has 0 aliphatic carbocycles. The van der Waals surface area contributed by atoms with Crippen LogP contribution in [0, 0.1) is 4.77 Å². The summed E-state index contributed by atoms with van der Waals surface area (Å²) < 4.78 is 2.35. The average molecular weight is 379 g/mol. The van der Waals surface area contributed by atoms with E-state index in [0.29, 0.717) is 30.1 Å². The van der Waals surface area contributed by atoms with Gasteiger partial charge in [0.2, 0.25) is 0 Å². The summed E-state index contributed by atoms with van der Waals surface area (Å²) in [5.74, 6) is 0.795. The molecule has 27 heavy (non-hydrogen) atoms. The molecule has 1 aliphatic heterocycles. The van der Waals surface area contributed by atoms with Gasteiger partial charge in [-0.2, -0.15) is 0 Å². The summed E-state index contributed by atoms with van der Waals surface area (Å²) >= 11 is 5.42. The van der Waals surface area contributed by atoms with Gasteiger partial charge in [0.1, 0.15) is 5.82 Å². The van der Waals surface area contributed by atoms with Gasteiger partial charge in [0.25, 0.3) is 5.56 Å². The molecule has 3 aromatic rings. The first-order chi connectivity index (χ1) is 13.1. The minimum atomic E-state index is -0.130. The van der Waals surface area contributed by atoms with Gasteiger partial charge in [-0.25, -0.2) is 0 Å². The van der Waals surface area contributed by atoms with Crippen LogP contribution in [0.1, 0.15) is 29.7 Å². The highest BCUT2D eigenvalue weighted by Crippen LogP contribution is 2.27. The fraction of sp³-hybridized carbons (Fsp3) is 0.250. The fourth-order valence-corrected chi connectivity index (χ4v) is 3.69. The van der Waals surface area contributed by atoms with Gasteiger partial charge in [-0.05, 0) is 36.3 Å². The van der Waals surface area contributed by atoms with Gasteiger partial charge >= 0.3 is 0 Å². The van der Waals surface area contributed by atoms with Crippen LogP contribution >= 0.6 is 12.2 Å². The molecule has 0 bridgehead atoms. The number of H-pyrrole nitrogens is 1. The van der Waals surface area contributed by atoms with Crippen LogP contribution in [0.3, 0.4) is 0 Å². The third-order valence-corrected chi connectivity index (χ3v) is 5.32. The Morgan fingerprint density at radius 3 is 2.78 bits per heavy atom. The van der Waals surface area contributed by atoms with E-state index in [-0.39, 0.29) is 11.6 Å². The average Bonchev–Trinajstić information content (AvgIpc) is 2.71. The molecule has 138 valence electrons. The summed E-state index contributed by atoms with van der Waals surface area (Å²) in [7, 11) is 0. The Morgan fingerprint density at radius 1 is 1.22 bits per heavy atom. The number of anilines is 1. The summed E-state index contributed by atoms with van der Waals surface area (Å²) in [6, 6.07) is 14.4. The molecular formula is C20H21N5OS. The monoisotopic (exact) mass is 379 g/mol. The molecule has 0 fully saturated rings. The maximum atomic E-state index is 12.6. The van der Waals surface area contributed by atoms with E-state index in [0.717, 1.165) is 11.4 Å². The Bertz CT molecular complexity index is 1050. The van der Waals surface area contributed by atoms with Gasteiger partial charge in [-0.15, -0.1) is 0 Å². The number of rotatable bonds is 4. The third-order valence-electron chi connectivity index (χ3n) is 5.00. The lowest BCUT2D eigenvalue weighted by Gasteiger charge is -2.35. The first-order valence-electron chi connectivity index (χ1n) is 8.91. The fourth-order valence-electron chi connectivity index (χ4n) is 3.44. The Morgan fingerprint density at radius 2 is 2.04 bits per heavy atom. The zero-order chi connectivity index (χ0) is 18.8. The summed E-state index contributed by atoms with van der Waals surface area (Å²) in [5, 5.41) is 3.42. The lowest BCUT2D eigenvalue weighted by molar-refractivity contribution is 0.206. The molecule has 7 heteroatoms. The summed E-state index contributed by atoms with van der Waals surface area (Å²) in [6.45, 7) is 3.93. The Kier molecular flexibility index (Phi) is 4.87. The van der Waals surface area contributed by atoms with Crippen LogP contribution in [-0.4, -0.2) is 26.1 Å². The van der Waals surface area contributed by atoms with Gasteiger partial charge in [0.15, 0.2) is 4.77 Å². The molecule has 0 saturated heterocycles. The molecule has 0 spiro atoms. The molecule has 3 heterocycles. The van der Waals surface area contributed by atoms with Crippen molar-refractivity contribution in [3.63, 3.8) is 0 Å². The molecule has 0 amide bonds. The minimum Gasteiger partial charge on any atom is -0.358 e. The van der Waals surface area contributed by atoms with Crippen LogP contribution in [0.25, 0.3) is 0 Å². The number of pyridine rings is 1. The molecule has 2 N–H and O–H groups in total. The van der Waals surface area contributed by atoms with Crippen LogP contribution in [0.15, 0.2) is 59.7 Å². The summed E-state index contributed by atoms with van der Waals surface area (Å²) in [4.78, 5) is 21.8. The van der Waals surface area contributed by atoms with E-state index >= 15 is 0 Å². The first-order valence-corrected chi connectivity index (χ1v) is 9.32. The van der Waals surface area contributed by atoms with Crippen LogP contribution in [0.5, 0.6) is 0 Å². The van der Waals surface area contributed by atoms with Gasteiger partial charge in [-0.1, -0.05) is 36.4 Å². The van der Waals surface area contributed by atoms with Gasteiger partial charge in [-0.3, -0.25) is 19.7 Å². The quantitative estimate of drug-likeness (QED) is 0.681. The number of nitrogens with one attached hydrogen (secondary N) is 2. The van der Waals surface area contributed by atoms with Crippen LogP contribution < -0.4 is 10.9 Å². The third kappa shape index (κ3) is 3.56. The molecule has 1 aliphatic rings. The number of fused-ring (bicyclic) bond motifs is 1. The topological polar surface area (TPSA) is 66.0 Å². The number of hydrogen-bond donors (Lipinski definition) is 2. The van der Waals surface area contributed by atoms with Crippen molar-refractivity contribution in [3.8, 4) is 0 Å².